The number of fused-ring (bicyclic) bond motifs is 1. The second kappa shape index (κ2) is 3.11. The summed E-state index contributed by atoms with van der Waals surface area (Å²) >= 11 is 1.73. The second-order valence-electron chi connectivity index (χ2n) is 2.62. The van der Waals surface area contributed by atoms with Gasteiger partial charge in [0.05, 0.1) is 5.56 Å². The van der Waals surface area contributed by atoms with Gasteiger partial charge in [0, 0.05) is 22.6 Å². The van der Waals surface area contributed by atoms with Crippen LogP contribution in [0.2, 0.25) is 0 Å². The van der Waals surface area contributed by atoms with Gasteiger partial charge in [0.25, 0.3) is 3.90 Å². The van der Waals surface area contributed by atoms with Crippen molar-refractivity contribution in [1.82, 2.24) is 4.98 Å². The maximum atomic E-state index is 12.4. The highest BCUT2D eigenvalue weighted by Crippen LogP contribution is 2.34. The van der Waals surface area contributed by atoms with Gasteiger partial charge >= 0.3 is 6.18 Å². The Hall–Kier alpha value is -0.790. The lowest BCUT2D eigenvalue weighted by atomic mass is 10.2. The Bertz CT molecular complexity index is 477. The van der Waals surface area contributed by atoms with E-state index in [9.17, 15) is 13.2 Å². The number of benzene rings is 1. The first-order valence-corrected chi connectivity index (χ1v) is 4.68. The van der Waals surface area contributed by atoms with Crippen LogP contribution >= 0.6 is 22.6 Å². The molecular weight excluding hydrogens is 310 g/mol. The quantitative estimate of drug-likeness (QED) is 0.696. The number of hydrogen-bond acceptors (Lipinski definition) is 2. The summed E-state index contributed by atoms with van der Waals surface area (Å²) in [6.45, 7) is 0. The Labute approximate surface area is 90.3 Å². The maximum absolute atomic E-state index is 12.4. The largest absolute Gasteiger partial charge is 0.432 e. The van der Waals surface area contributed by atoms with Crippen molar-refractivity contribution < 1.29 is 17.6 Å². The van der Waals surface area contributed by atoms with Gasteiger partial charge in [-0.05, 0) is 12.1 Å². The summed E-state index contributed by atoms with van der Waals surface area (Å²) in [6.07, 6.45) is -4.39. The van der Waals surface area contributed by atoms with Crippen molar-refractivity contribution in [2.75, 3.05) is 0 Å². The highest BCUT2D eigenvalue weighted by molar-refractivity contribution is 14.1. The summed E-state index contributed by atoms with van der Waals surface area (Å²) in [4.78, 5) is 3.68. The fourth-order valence-corrected chi connectivity index (χ4v) is 1.63. The summed E-state index contributed by atoms with van der Waals surface area (Å²) in [5.41, 5.74) is -0.740. The Morgan fingerprint density at radius 2 is 2.00 bits per heavy atom. The zero-order valence-electron chi connectivity index (χ0n) is 6.60. The summed E-state index contributed by atoms with van der Waals surface area (Å²) in [5, 5.41) is 0. The summed E-state index contributed by atoms with van der Waals surface area (Å²) in [6, 6.07) is 3.74. The number of para-hydroxylation sites is 1. The van der Waals surface area contributed by atoms with Gasteiger partial charge in [-0.2, -0.15) is 13.2 Å². The molecule has 2 aromatic rings. The molecule has 0 N–H and O–H groups in total. The third-order valence-electron chi connectivity index (χ3n) is 1.70. The lowest BCUT2D eigenvalue weighted by molar-refractivity contribution is -0.136. The number of oxazole rings is 1. The van der Waals surface area contributed by atoms with E-state index in [-0.39, 0.29) is 15.0 Å². The molecule has 0 spiro atoms. The van der Waals surface area contributed by atoms with Crippen LogP contribution in [0.1, 0.15) is 5.56 Å². The fraction of sp³-hybridized carbons (Fsp3) is 0.125. The molecule has 0 saturated heterocycles. The zero-order valence-corrected chi connectivity index (χ0v) is 8.76. The normalized spacial score (nSPS) is 12.3. The van der Waals surface area contributed by atoms with Gasteiger partial charge in [-0.25, -0.2) is 4.98 Å². The van der Waals surface area contributed by atoms with Gasteiger partial charge < -0.3 is 4.42 Å². The first kappa shape index (κ1) is 9.75. The standard InChI is InChI=1S/C8H3F3INO/c9-8(10,11)4-2-1-3-5-6(4)13-7(12)14-5/h1-3H. The van der Waals surface area contributed by atoms with Crippen molar-refractivity contribution in [2.45, 2.75) is 6.18 Å². The van der Waals surface area contributed by atoms with E-state index in [0.717, 1.165) is 6.07 Å². The van der Waals surface area contributed by atoms with Crippen molar-refractivity contribution in [2.24, 2.45) is 0 Å². The monoisotopic (exact) mass is 313 g/mol. The van der Waals surface area contributed by atoms with Gasteiger partial charge in [-0.3, -0.25) is 0 Å². The van der Waals surface area contributed by atoms with Crippen molar-refractivity contribution in [3.8, 4) is 0 Å². The highest BCUT2D eigenvalue weighted by atomic mass is 127. The molecular formula is C8H3F3INO. The molecule has 0 aliphatic rings. The molecule has 0 aliphatic heterocycles. The number of alkyl halides is 3. The van der Waals surface area contributed by atoms with Crippen molar-refractivity contribution in [3.63, 3.8) is 0 Å². The SMILES string of the molecule is FC(F)(F)c1cccc2oc(I)nc12. The topological polar surface area (TPSA) is 26.0 Å². The van der Waals surface area contributed by atoms with E-state index < -0.39 is 11.7 Å². The van der Waals surface area contributed by atoms with Crippen LogP contribution < -0.4 is 0 Å². The summed E-state index contributed by atoms with van der Waals surface area (Å²) in [7, 11) is 0. The summed E-state index contributed by atoms with van der Waals surface area (Å²) in [5.74, 6) is 0. The molecule has 6 heteroatoms. The Balaban J connectivity index is 2.77. The molecule has 2 rings (SSSR count). The minimum absolute atomic E-state index is 0.135. The molecule has 74 valence electrons. The van der Waals surface area contributed by atoms with Crippen LogP contribution in [0.15, 0.2) is 22.6 Å². The van der Waals surface area contributed by atoms with Crippen molar-refractivity contribution in [1.29, 1.82) is 0 Å². The number of nitrogens with zero attached hydrogens (tertiary/aromatic N) is 1. The molecule has 0 bridgehead atoms. The van der Waals surface area contributed by atoms with Crippen LogP contribution in [0.3, 0.4) is 0 Å². The van der Waals surface area contributed by atoms with E-state index in [1.54, 1.807) is 22.6 Å². The first-order chi connectivity index (χ1) is 6.48. The van der Waals surface area contributed by atoms with Crippen LogP contribution in [-0.4, -0.2) is 4.98 Å². The van der Waals surface area contributed by atoms with E-state index in [4.69, 9.17) is 4.42 Å². The minimum atomic E-state index is -4.39. The van der Waals surface area contributed by atoms with Gasteiger partial charge in [-0.15, -0.1) is 0 Å². The Kier molecular flexibility index (Phi) is 2.17. The third kappa shape index (κ3) is 1.58. The molecule has 0 amide bonds. The molecule has 0 radical (unpaired) electrons. The van der Waals surface area contributed by atoms with Crippen molar-refractivity contribution >= 4 is 33.7 Å². The van der Waals surface area contributed by atoms with E-state index in [1.165, 1.54) is 12.1 Å². The number of rotatable bonds is 0. The lowest BCUT2D eigenvalue weighted by Gasteiger charge is -2.05. The number of halogens is 4. The average molecular weight is 313 g/mol. The predicted molar refractivity (Wildman–Crippen MR) is 51.7 cm³/mol. The predicted octanol–water partition coefficient (Wildman–Crippen LogP) is 3.45. The Morgan fingerprint density at radius 3 is 2.64 bits per heavy atom. The molecule has 0 saturated carbocycles. The van der Waals surface area contributed by atoms with Gasteiger partial charge in [0.15, 0.2) is 5.58 Å². The molecule has 0 aliphatic carbocycles. The van der Waals surface area contributed by atoms with E-state index in [1.807, 2.05) is 0 Å². The van der Waals surface area contributed by atoms with Crippen LogP contribution in [0.25, 0.3) is 11.1 Å². The third-order valence-corrected chi connectivity index (χ3v) is 2.16. The van der Waals surface area contributed by atoms with E-state index in [2.05, 4.69) is 4.98 Å². The minimum Gasteiger partial charge on any atom is -0.432 e. The smallest absolute Gasteiger partial charge is 0.418 e. The van der Waals surface area contributed by atoms with Gasteiger partial charge in [0.2, 0.25) is 0 Å². The average Bonchev–Trinajstić information content (AvgIpc) is 2.41. The van der Waals surface area contributed by atoms with Crippen LogP contribution in [0.4, 0.5) is 13.2 Å². The lowest BCUT2D eigenvalue weighted by Crippen LogP contribution is -2.05. The maximum Gasteiger partial charge on any atom is 0.418 e. The molecule has 14 heavy (non-hydrogen) atoms. The van der Waals surface area contributed by atoms with Crippen LogP contribution in [-0.2, 0) is 6.18 Å². The molecule has 0 unspecified atom stereocenters. The molecule has 1 heterocycles. The number of hydrogen-bond donors (Lipinski definition) is 0. The van der Waals surface area contributed by atoms with Crippen LogP contribution in [0, 0.1) is 3.90 Å². The zero-order chi connectivity index (χ0) is 10.3. The Morgan fingerprint density at radius 1 is 1.29 bits per heavy atom. The fourth-order valence-electron chi connectivity index (χ4n) is 1.15. The van der Waals surface area contributed by atoms with Gasteiger partial charge in [0.1, 0.15) is 5.52 Å². The molecule has 0 fully saturated rings. The van der Waals surface area contributed by atoms with Crippen molar-refractivity contribution in [3.05, 3.63) is 27.7 Å². The molecule has 2 nitrogen and oxygen atoms in total. The first-order valence-electron chi connectivity index (χ1n) is 3.61. The van der Waals surface area contributed by atoms with Crippen LogP contribution in [0.5, 0.6) is 0 Å². The molecule has 1 aromatic carbocycles. The molecule has 0 atom stereocenters. The van der Waals surface area contributed by atoms with E-state index in [0.29, 0.717) is 0 Å². The molecule has 1 aromatic heterocycles. The second-order valence-corrected chi connectivity index (χ2v) is 3.54. The highest BCUT2D eigenvalue weighted by Gasteiger charge is 2.34. The summed E-state index contributed by atoms with van der Waals surface area (Å²) < 4.78 is 42.5. The number of aromatic nitrogens is 1. The van der Waals surface area contributed by atoms with E-state index >= 15 is 0 Å². The van der Waals surface area contributed by atoms with Gasteiger partial charge in [-0.1, -0.05) is 6.07 Å².